The maximum absolute atomic E-state index is 5.52. The van der Waals surface area contributed by atoms with E-state index in [-0.39, 0.29) is 0 Å². The first-order valence-corrected chi connectivity index (χ1v) is 4.32. The summed E-state index contributed by atoms with van der Waals surface area (Å²) in [4.78, 5) is 8.12. The van der Waals surface area contributed by atoms with Crippen LogP contribution in [0.1, 0.15) is 12.6 Å². The van der Waals surface area contributed by atoms with Gasteiger partial charge in [-0.1, -0.05) is 6.92 Å². The van der Waals surface area contributed by atoms with Gasteiger partial charge in [0, 0.05) is 11.9 Å². The number of aromatic nitrogens is 2. The van der Waals surface area contributed by atoms with Crippen molar-refractivity contribution < 1.29 is 4.74 Å². The van der Waals surface area contributed by atoms with Crippen molar-refractivity contribution >= 4 is 0 Å². The van der Waals surface area contributed by atoms with Crippen molar-refractivity contribution in [2.75, 3.05) is 13.7 Å². The first-order chi connectivity index (χ1) is 6.26. The molecule has 0 aliphatic rings. The van der Waals surface area contributed by atoms with Crippen molar-refractivity contribution in [1.29, 1.82) is 0 Å². The number of nitrogens with zero attached hydrogens (tertiary/aromatic N) is 2. The highest BCUT2D eigenvalue weighted by Crippen LogP contribution is 2.07. The fourth-order valence-corrected chi connectivity index (χ4v) is 1.03. The minimum atomic E-state index is 0.418. The van der Waals surface area contributed by atoms with Gasteiger partial charge in [0.25, 0.3) is 0 Å². The van der Waals surface area contributed by atoms with Crippen LogP contribution in [-0.2, 0) is 6.42 Å². The van der Waals surface area contributed by atoms with Crippen LogP contribution in [0.4, 0.5) is 0 Å². The quantitative estimate of drug-likeness (QED) is 0.739. The van der Waals surface area contributed by atoms with Crippen LogP contribution in [0.2, 0.25) is 0 Å². The SMILES string of the molecule is COc1nccc(CC(C)CN)n1. The molecule has 0 radical (unpaired) electrons. The van der Waals surface area contributed by atoms with Gasteiger partial charge in [-0.15, -0.1) is 0 Å². The first kappa shape index (κ1) is 9.92. The van der Waals surface area contributed by atoms with Crippen LogP contribution in [0.3, 0.4) is 0 Å². The predicted octanol–water partition coefficient (Wildman–Crippen LogP) is 0.622. The number of hydrogen-bond acceptors (Lipinski definition) is 4. The molecular weight excluding hydrogens is 166 g/mol. The lowest BCUT2D eigenvalue weighted by molar-refractivity contribution is 0.377. The van der Waals surface area contributed by atoms with Crippen molar-refractivity contribution in [1.82, 2.24) is 9.97 Å². The second kappa shape index (κ2) is 4.77. The Morgan fingerprint density at radius 2 is 2.38 bits per heavy atom. The van der Waals surface area contributed by atoms with Gasteiger partial charge in [-0.3, -0.25) is 0 Å². The third-order valence-corrected chi connectivity index (χ3v) is 1.83. The van der Waals surface area contributed by atoms with Crippen LogP contribution in [-0.4, -0.2) is 23.6 Å². The average molecular weight is 181 g/mol. The topological polar surface area (TPSA) is 61.0 Å². The highest BCUT2D eigenvalue weighted by Gasteiger charge is 2.03. The van der Waals surface area contributed by atoms with Crippen LogP contribution in [0.5, 0.6) is 6.01 Å². The number of ether oxygens (including phenoxy) is 1. The first-order valence-electron chi connectivity index (χ1n) is 4.32. The van der Waals surface area contributed by atoms with Gasteiger partial charge in [-0.25, -0.2) is 9.97 Å². The monoisotopic (exact) mass is 181 g/mol. The lowest BCUT2D eigenvalue weighted by Crippen LogP contribution is -2.14. The molecular formula is C9H15N3O. The Labute approximate surface area is 78.1 Å². The largest absolute Gasteiger partial charge is 0.467 e. The molecule has 0 amide bonds. The number of rotatable bonds is 4. The molecule has 1 aromatic heterocycles. The number of nitrogens with two attached hydrogens (primary N) is 1. The van der Waals surface area contributed by atoms with Crippen molar-refractivity contribution in [2.45, 2.75) is 13.3 Å². The second-order valence-corrected chi connectivity index (χ2v) is 3.08. The maximum Gasteiger partial charge on any atom is 0.316 e. The van der Waals surface area contributed by atoms with E-state index in [1.165, 1.54) is 0 Å². The smallest absolute Gasteiger partial charge is 0.316 e. The molecule has 0 spiro atoms. The van der Waals surface area contributed by atoms with Gasteiger partial charge >= 0.3 is 6.01 Å². The highest BCUT2D eigenvalue weighted by molar-refractivity contribution is 5.06. The van der Waals surface area contributed by atoms with E-state index in [0.29, 0.717) is 18.5 Å². The molecule has 4 nitrogen and oxygen atoms in total. The molecule has 0 saturated carbocycles. The molecule has 72 valence electrons. The Balaban J connectivity index is 2.66. The van der Waals surface area contributed by atoms with E-state index in [4.69, 9.17) is 10.5 Å². The highest BCUT2D eigenvalue weighted by atomic mass is 16.5. The van der Waals surface area contributed by atoms with Crippen LogP contribution in [0.25, 0.3) is 0 Å². The van der Waals surface area contributed by atoms with Crippen molar-refractivity contribution in [2.24, 2.45) is 11.7 Å². The van der Waals surface area contributed by atoms with E-state index < -0.39 is 0 Å². The fourth-order valence-electron chi connectivity index (χ4n) is 1.03. The maximum atomic E-state index is 5.52. The molecule has 13 heavy (non-hydrogen) atoms. The van der Waals surface area contributed by atoms with Crippen molar-refractivity contribution in [3.63, 3.8) is 0 Å². The Morgan fingerprint density at radius 1 is 1.62 bits per heavy atom. The van der Waals surface area contributed by atoms with E-state index in [2.05, 4.69) is 16.9 Å². The second-order valence-electron chi connectivity index (χ2n) is 3.08. The summed E-state index contributed by atoms with van der Waals surface area (Å²) in [7, 11) is 1.56. The van der Waals surface area contributed by atoms with E-state index in [1.807, 2.05) is 6.07 Å². The van der Waals surface area contributed by atoms with Gasteiger partial charge in [0.15, 0.2) is 0 Å². The molecule has 0 aromatic carbocycles. The molecule has 0 fully saturated rings. The zero-order valence-corrected chi connectivity index (χ0v) is 8.03. The van der Waals surface area contributed by atoms with Crippen molar-refractivity contribution in [3.8, 4) is 6.01 Å². The lowest BCUT2D eigenvalue weighted by Gasteiger charge is -2.07. The molecule has 1 aromatic rings. The summed E-state index contributed by atoms with van der Waals surface area (Å²) in [6.45, 7) is 2.76. The van der Waals surface area contributed by atoms with Crippen molar-refractivity contribution in [3.05, 3.63) is 18.0 Å². The third-order valence-electron chi connectivity index (χ3n) is 1.83. The molecule has 4 heteroatoms. The Hall–Kier alpha value is -1.16. The third kappa shape index (κ3) is 2.99. The minimum absolute atomic E-state index is 0.418. The Bertz CT molecular complexity index is 265. The molecule has 1 rings (SSSR count). The molecule has 0 aliphatic carbocycles. The van der Waals surface area contributed by atoms with Crippen LogP contribution in [0, 0.1) is 5.92 Å². The van der Waals surface area contributed by atoms with Crippen LogP contribution in [0.15, 0.2) is 12.3 Å². The lowest BCUT2D eigenvalue weighted by atomic mass is 10.1. The number of methoxy groups -OCH3 is 1. The van der Waals surface area contributed by atoms with E-state index in [9.17, 15) is 0 Å². The zero-order chi connectivity index (χ0) is 9.68. The molecule has 1 atom stereocenters. The minimum Gasteiger partial charge on any atom is -0.467 e. The summed E-state index contributed by atoms with van der Waals surface area (Å²) in [5.74, 6) is 0.444. The molecule has 1 unspecified atom stereocenters. The molecule has 0 saturated heterocycles. The Morgan fingerprint density at radius 3 is 3.00 bits per heavy atom. The van der Waals surface area contributed by atoms with E-state index >= 15 is 0 Å². The predicted molar refractivity (Wildman–Crippen MR) is 50.5 cm³/mol. The fraction of sp³-hybridized carbons (Fsp3) is 0.556. The summed E-state index contributed by atoms with van der Waals surface area (Å²) in [6.07, 6.45) is 2.57. The summed E-state index contributed by atoms with van der Waals surface area (Å²) in [5.41, 5.74) is 6.49. The zero-order valence-electron chi connectivity index (χ0n) is 8.03. The summed E-state index contributed by atoms with van der Waals surface area (Å²) >= 11 is 0. The van der Waals surface area contributed by atoms with Gasteiger partial charge in [-0.05, 0) is 24.9 Å². The summed E-state index contributed by atoms with van der Waals surface area (Å²) in [5, 5.41) is 0. The average Bonchev–Trinajstić information content (AvgIpc) is 2.18. The Kier molecular flexibility index (Phi) is 3.64. The van der Waals surface area contributed by atoms with Gasteiger partial charge in [0.05, 0.1) is 7.11 Å². The van der Waals surface area contributed by atoms with Gasteiger partial charge in [0.2, 0.25) is 0 Å². The normalized spacial score (nSPS) is 12.5. The van der Waals surface area contributed by atoms with Gasteiger partial charge < -0.3 is 10.5 Å². The number of hydrogen-bond donors (Lipinski definition) is 1. The molecule has 0 aliphatic heterocycles. The van der Waals surface area contributed by atoms with E-state index in [0.717, 1.165) is 12.1 Å². The standard InChI is InChI=1S/C9H15N3O/c1-7(6-10)5-8-3-4-11-9(12-8)13-2/h3-4,7H,5-6,10H2,1-2H3. The van der Waals surface area contributed by atoms with Crippen LogP contribution >= 0.6 is 0 Å². The van der Waals surface area contributed by atoms with Gasteiger partial charge in [-0.2, -0.15) is 0 Å². The van der Waals surface area contributed by atoms with Crippen LogP contribution < -0.4 is 10.5 Å². The molecule has 1 heterocycles. The van der Waals surface area contributed by atoms with E-state index in [1.54, 1.807) is 13.3 Å². The summed E-state index contributed by atoms with van der Waals surface area (Å²) < 4.78 is 4.92. The summed E-state index contributed by atoms with van der Waals surface area (Å²) in [6, 6.07) is 2.30. The molecule has 2 N–H and O–H groups in total. The van der Waals surface area contributed by atoms with Gasteiger partial charge in [0.1, 0.15) is 0 Å². The molecule has 0 bridgehead atoms.